The zero-order chi connectivity index (χ0) is 19.2. The predicted octanol–water partition coefficient (Wildman–Crippen LogP) is 2.73. The van der Waals surface area contributed by atoms with Gasteiger partial charge in [-0.25, -0.2) is 0 Å². The molecule has 0 aliphatic carbocycles. The molecule has 0 saturated heterocycles. The summed E-state index contributed by atoms with van der Waals surface area (Å²) in [4.78, 5) is 13.5. The molecule has 2 aromatic heterocycles. The Morgan fingerprint density at radius 1 is 1.30 bits per heavy atom. The van der Waals surface area contributed by atoms with Crippen LogP contribution >= 0.6 is 11.6 Å². The Balaban J connectivity index is 1.62. The number of halogens is 1. The molecule has 3 aromatic rings. The van der Waals surface area contributed by atoms with E-state index in [1.807, 2.05) is 25.1 Å². The van der Waals surface area contributed by atoms with E-state index < -0.39 is 0 Å². The van der Waals surface area contributed by atoms with Crippen molar-refractivity contribution in [3.05, 3.63) is 53.1 Å². The van der Waals surface area contributed by atoms with E-state index in [4.69, 9.17) is 20.4 Å². The molecule has 7 nitrogen and oxygen atoms in total. The van der Waals surface area contributed by atoms with Gasteiger partial charge in [0.15, 0.2) is 18.8 Å². The van der Waals surface area contributed by atoms with E-state index in [1.54, 1.807) is 18.4 Å². The van der Waals surface area contributed by atoms with Crippen LogP contribution in [0, 0.1) is 6.92 Å². The maximum absolute atomic E-state index is 12.4. The number of nitrogens with zero attached hydrogens (tertiary/aromatic N) is 2. The number of furan rings is 1. The van der Waals surface area contributed by atoms with Crippen molar-refractivity contribution in [3.8, 4) is 11.7 Å². The summed E-state index contributed by atoms with van der Waals surface area (Å²) in [6.07, 6.45) is 2.47. The first-order valence-corrected chi connectivity index (χ1v) is 9.18. The molecule has 2 heterocycles. The van der Waals surface area contributed by atoms with E-state index in [-0.39, 0.29) is 12.5 Å². The normalized spacial score (nSPS) is 12.1. The van der Waals surface area contributed by atoms with Gasteiger partial charge in [0.2, 0.25) is 0 Å². The Kier molecular flexibility index (Phi) is 6.26. The summed E-state index contributed by atoms with van der Waals surface area (Å²) in [6, 6.07) is 9.05. The molecule has 1 aromatic carbocycles. The summed E-state index contributed by atoms with van der Waals surface area (Å²) in [5.74, 6) is 1.21. The lowest BCUT2D eigenvalue weighted by Gasteiger charge is -2.17. The van der Waals surface area contributed by atoms with Crippen LogP contribution in [0.15, 0.2) is 45.4 Å². The second-order valence-electron chi connectivity index (χ2n) is 6.36. The lowest BCUT2D eigenvalue weighted by Crippen LogP contribution is -3.11. The molecule has 3 rings (SSSR count). The SMILES string of the molecule is CCC[NH+](CC(=O)Nc1ccc(C)cc1Cl)Cc1nnc(-c2ccco2)o1. The Hall–Kier alpha value is -2.64. The number of nitrogens with one attached hydrogen (secondary N) is 2. The van der Waals surface area contributed by atoms with Gasteiger partial charge in [0.25, 0.3) is 17.7 Å². The zero-order valence-electron chi connectivity index (χ0n) is 15.3. The number of rotatable bonds is 8. The fourth-order valence-electron chi connectivity index (χ4n) is 2.77. The van der Waals surface area contributed by atoms with E-state index in [0.717, 1.165) is 23.4 Å². The summed E-state index contributed by atoms with van der Waals surface area (Å²) in [7, 11) is 0. The Morgan fingerprint density at radius 2 is 2.15 bits per heavy atom. The largest absolute Gasteiger partial charge is 0.459 e. The summed E-state index contributed by atoms with van der Waals surface area (Å²) < 4.78 is 10.9. The average Bonchev–Trinajstić information content (AvgIpc) is 3.29. The Morgan fingerprint density at radius 3 is 2.85 bits per heavy atom. The van der Waals surface area contributed by atoms with E-state index in [1.165, 1.54) is 0 Å². The summed E-state index contributed by atoms with van der Waals surface area (Å²) >= 11 is 6.19. The molecular weight excluding hydrogens is 368 g/mol. The van der Waals surface area contributed by atoms with Crippen LogP contribution in [0.4, 0.5) is 5.69 Å². The van der Waals surface area contributed by atoms with Gasteiger partial charge in [-0.1, -0.05) is 24.6 Å². The van der Waals surface area contributed by atoms with Gasteiger partial charge >= 0.3 is 0 Å². The molecule has 1 amide bonds. The zero-order valence-corrected chi connectivity index (χ0v) is 16.0. The highest BCUT2D eigenvalue weighted by Gasteiger charge is 2.19. The molecule has 1 unspecified atom stereocenters. The fourth-order valence-corrected chi connectivity index (χ4v) is 3.06. The number of aryl methyl sites for hydroxylation is 1. The standard InChI is InChI=1S/C19H21ClN4O3/c1-3-8-24(11-17(25)21-15-7-6-13(2)10-14(15)20)12-18-22-23-19(27-18)16-5-4-9-26-16/h4-7,9-10H,3,8,11-12H2,1-2H3,(H,21,25)/p+1. The third-order valence-corrected chi connectivity index (χ3v) is 4.33. The van der Waals surface area contributed by atoms with E-state index >= 15 is 0 Å². The maximum atomic E-state index is 12.4. The number of quaternary nitrogens is 1. The van der Waals surface area contributed by atoms with E-state index in [0.29, 0.717) is 34.8 Å². The van der Waals surface area contributed by atoms with Gasteiger partial charge in [0.05, 0.1) is 23.5 Å². The molecule has 142 valence electrons. The maximum Gasteiger partial charge on any atom is 0.283 e. The molecule has 8 heteroatoms. The molecule has 2 N–H and O–H groups in total. The highest BCUT2D eigenvalue weighted by Crippen LogP contribution is 2.22. The van der Waals surface area contributed by atoms with Gasteiger partial charge in [-0.15, -0.1) is 10.2 Å². The van der Waals surface area contributed by atoms with Crippen molar-refractivity contribution in [2.75, 3.05) is 18.4 Å². The summed E-state index contributed by atoms with van der Waals surface area (Å²) in [5.41, 5.74) is 1.65. The number of hydrogen-bond donors (Lipinski definition) is 2. The third-order valence-electron chi connectivity index (χ3n) is 4.01. The smallest absolute Gasteiger partial charge is 0.283 e. The number of hydrogen-bond acceptors (Lipinski definition) is 5. The van der Waals surface area contributed by atoms with Crippen molar-refractivity contribution < 1.29 is 18.5 Å². The molecule has 1 atom stereocenters. The number of benzene rings is 1. The Bertz CT molecular complexity index is 892. The Labute approximate surface area is 162 Å². The fraction of sp³-hybridized carbons (Fsp3) is 0.316. The highest BCUT2D eigenvalue weighted by molar-refractivity contribution is 6.33. The van der Waals surface area contributed by atoms with Crippen LogP contribution in [0.25, 0.3) is 11.7 Å². The molecule has 0 aliphatic rings. The first-order chi connectivity index (χ1) is 13.0. The van der Waals surface area contributed by atoms with Crippen LogP contribution in [-0.2, 0) is 11.3 Å². The van der Waals surface area contributed by atoms with Crippen molar-refractivity contribution in [1.29, 1.82) is 0 Å². The molecule has 27 heavy (non-hydrogen) atoms. The van der Waals surface area contributed by atoms with Crippen LogP contribution in [0.3, 0.4) is 0 Å². The van der Waals surface area contributed by atoms with Gasteiger partial charge < -0.3 is 19.1 Å². The minimum absolute atomic E-state index is 0.116. The predicted molar refractivity (Wildman–Crippen MR) is 102 cm³/mol. The quantitative estimate of drug-likeness (QED) is 0.618. The summed E-state index contributed by atoms with van der Waals surface area (Å²) in [6.45, 7) is 5.55. The number of amides is 1. The van der Waals surface area contributed by atoms with Crippen molar-refractivity contribution in [2.24, 2.45) is 0 Å². The van der Waals surface area contributed by atoms with Crippen molar-refractivity contribution in [2.45, 2.75) is 26.8 Å². The third kappa shape index (κ3) is 5.18. The van der Waals surface area contributed by atoms with Crippen molar-refractivity contribution in [3.63, 3.8) is 0 Å². The van der Waals surface area contributed by atoms with Crippen molar-refractivity contribution >= 4 is 23.2 Å². The van der Waals surface area contributed by atoms with Gasteiger partial charge in [-0.05, 0) is 43.2 Å². The second-order valence-corrected chi connectivity index (χ2v) is 6.77. The first-order valence-electron chi connectivity index (χ1n) is 8.81. The van der Waals surface area contributed by atoms with Crippen molar-refractivity contribution in [1.82, 2.24) is 10.2 Å². The van der Waals surface area contributed by atoms with E-state index in [9.17, 15) is 4.79 Å². The molecule has 0 saturated carbocycles. The average molecular weight is 390 g/mol. The first kappa shape index (κ1) is 19.1. The van der Waals surface area contributed by atoms with Crippen LogP contribution in [0.5, 0.6) is 0 Å². The van der Waals surface area contributed by atoms with Crippen LogP contribution in [0.2, 0.25) is 5.02 Å². The number of carbonyl (C=O) groups excluding carboxylic acids is 1. The lowest BCUT2D eigenvalue weighted by molar-refractivity contribution is -0.907. The topological polar surface area (TPSA) is 85.6 Å². The van der Waals surface area contributed by atoms with Gasteiger partial charge in [-0.3, -0.25) is 4.79 Å². The minimum Gasteiger partial charge on any atom is -0.459 e. The molecule has 0 bridgehead atoms. The molecule has 0 fully saturated rings. The molecule has 0 spiro atoms. The monoisotopic (exact) mass is 389 g/mol. The van der Waals surface area contributed by atoms with Crippen LogP contribution in [0.1, 0.15) is 24.8 Å². The lowest BCUT2D eigenvalue weighted by atomic mass is 10.2. The van der Waals surface area contributed by atoms with E-state index in [2.05, 4.69) is 22.4 Å². The second kappa shape index (κ2) is 8.83. The number of aromatic nitrogens is 2. The number of carbonyl (C=O) groups is 1. The van der Waals surface area contributed by atoms with Crippen LogP contribution in [-0.4, -0.2) is 29.2 Å². The minimum atomic E-state index is -0.116. The van der Waals surface area contributed by atoms with Gasteiger partial charge in [-0.2, -0.15) is 0 Å². The van der Waals surface area contributed by atoms with Gasteiger partial charge in [0, 0.05) is 0 Å². The summed E-state index contributed by atoms with van der Waals surface area (Å²) in [5, 5.41) is 11.5. The molecule has 0 aliphatic heterocycles. The highest BCUT2D eigenvalue weighted by atomic mass is 35.5. The number of anilines is 1. The van der Waals surface area contributed by atoms with Gasteiger partial charge in [0.1, 0.15) is 0 Å². The molecule has 0 radical (unpaired) electrons. The van der Waals surface area contributed by atoms with Crippen LogP contribution < -0.4 is 10.2 Å². The molecular formula is C19H22ClN4O3+.